The summed E-state index contributed by atoms with van der Waals surface area (Å²) in [4.78, 5) is 0. The molecule has 4 heteroatoms. The maximum Gasteiger partial charge on any atom is 0.242 e. The molecule has 0 aromatic heterocycles. The van der Waals surface area contributed by atoms with E-state index in [9.17, 15) is 0 Å². The lowest BCUT2D eigenvalue weighted by Gasteiger charge is -2.20. The molecule has 0 bridgehead atoms. The molecule has 0 saturated heterocycles. The Morgan fingerprint density at radius 3 is 2.43 bits per heavy atom. The van der Waals surface area contributed by atoms with E-state index in [1.807, 2.05) is 12.1 Å². The Hall–Kier alpha value is -0.513. The molecule has 0 saturated carbocycles. The Labute approximate surface area is 90.6 Å². The van der Waals surface area contributed by atoms with Gasteiger partial charge in [-0.1, -0.05) is 17.7 Å². The van der Waals surface area contributed by atoms with Crippen molar-refractivity contribution in [2.45, 2.75) is 26.2 Å². The Balaban J connectivity index is 2.89. The number of hydrogen-bond donors (Lipinski definition) is 1. The van der Waals surface area contributed by atoms with Gasteiger partial charge in [0.15, 0.2) is 0 Å². The predicted molar refractivity (Wildman–Crippen MR) is 61.3 cm³/mol. The van der Waals surface area contributed by atoms with Crippen molar-refractivity contribution in [3.8, 4) is 5.75 Å². The zero-order valence-corrected chi connectivity index (χ0v) is 10.4. The van der Waals surface area contributed by atoms with Crippen molar-refractivity contribution in [3.05, 3.63) is 28.8 Å². The molecule has 0 aliphatic carbocycles. The summed E-state index contributed by atoms with van der Waals surface area (Å²) in [6, 6.07) is 5.37. The lowest BCUT2D eigenvalue weighted by Crippen LogP contribution is -2.29. The Morgan fingerprint density at radius 1 is 1.36 bits per heavy atom. The normalized spacial score (nSPS) is 11.5. The van der Waals surface area contributed by atoms with Gasteiger partial charge in [0.05, 0.1) is 11.6 Å². The van der Waals surface area contributed by atoms with E-state index in [1.54, 1.807) is 6.07 Å². The van der Waals surface area contributed by atoms with Crippen LogP contribution >= 0.6 is 11.6 Å². The molecule has 0 unspecified atom stereocenters. The average molecular weight is 231 g/mol. The highest BCUT2D eigenvalue weighted by Crippen LogP contribution is 2.27. The summed E-state index contributed by atoms with van der Waals surface area (Å²) in [5.41, 5.74) is 0.804. The molecule has 1 aromatic rings. The van der Waals surface area contributed by atoms with Gasteiger partial charge in [-0.3, -0.25) is 0 Å². The SMILES string of the molecule is C[Si](C)(C)Oc1ccc(CO)cc1Cl. The average Bonchev–Trinajstić information content (AvgIpc) is 2.06. The summed E-state index contributed by atoms with van der Waals surface area (Å²) < 4.78 is 5.76. The van der Waals surface area contributed by atoms with Gasteiger partial charge in [0.2, 0.25) is 8.32 Å². The molecule has 1 aromatic carbocycles. The maximum absolute atomic E-state index is 8.89. The van der Waals surface area contributed by atoms with Crippen molar-refractivity contribution in [2.24, 2.45) is 0 Å². The number of benzene rings is 1. The number of hydrogen-bond acceptors (Lipinski definition) is 2. The fourth-order valence-corrected chi connectivity index (χ4v) is 2.20. The molecular weight excluding hydrogens is 216 g/mol. The summed E-state index contributed by atoms with van der Waals surface area (Å²) >= 11 is 6.00. The fraction of sp³-hybridized carbons (Fsp3) is 0.400. The van der Waals surface area contributed by atoms with Crippen LogP contribution in [0.5, 0.6) is 5.75 Å². The Kier molecular flexibility index (Phi) is 3.58. The first-order chi connectivity index (χ1) is 6.42. The van der Waals surface area contributed by atoms with Crippen molar-refractivity contribution >= 4 is 19.9 Å². The highest BCUT2D eigenvalue weighted by Gasteiger charge is 2.17. The molecule has 0 fully saturated rings. The molecular formula is C10H15ClO2Si. The monoisotopic (exact) mass is 230 g/mol. The van der Waals surface area contributed by atoms with Gasteiger partial charge in [-0.25, -0.2) is 0 Å². The highest BCUT2D eigenvalue weighted by molar-refractivity contribution is 6.70. The standard InChI is InChI=1S/C10H15ClO2Si/c1-14(2,3)13-10-5-4-8(7-12)6-9(10)11/h4-6,12H,7H2,1-3H3. The Morgan fingerprint density at radius 2 is 2.00 bits per heavy atom. The van der Waals surface area contributed by atoms with Gasteiger partial charge in [0, 0.05) is 0 Å². The van der Waals surface area contributed by atoms with E-state index >= 15 is 0 Å². The largest absolute Gasteiger partial charge is 0.543 e. The molecule has 1 N–H and O–H groups in total. The van der Waals surface area contributed by atoms with E-state index in [1.165, 1.54) is 0 Å². The first-order valence-electron chi connectivity index (χ1n) is 4.51. The van der Waals surface area contributed by atoms with Gasteiger partial charge in [0.1, 0.15) is 5.75 Å². The summed E-state index contributed by atoms with van der Waals surface area (Å²) in [5.74, 6) is 0.711. The molecule has 0 aliphatic heterocycles. The third-order valence-electron chi connectivity index (χ3n) is 1.60. The predicted octanol–water partition coefficient (Wildman–Crippen LogP) is 3.05. The van der Waals surface area contributed by atoms with Gasteiger partial charge < -0.3 is 9.53 Å². The smallest absolute Gasteiger partial charge is 0.242 e. The molecule has 14 heavy (non-hydrogen) atoms. The minimum absolute atomic E-state index is 0.00689. The van der Waals surface area contributed by atoms with Crippen LogP contribution in [0.4, 0.5) is 0 Å². The third-order valence-corrected chi connectivity index (χ3v) is 2.72. The van der Waals surface area contributed by atoms with Crippen LogP contribution in [0.1, 0.15) is 5.56 Å². The first-order valence-corrected chi connectivity index (χ1v) is 8.29. The van der Waals surface area contributed by atoms with E-state index in [0.29, 0.717) is 10.8 Å². The molecule has 78 valence electrons. The third kappa shape index (κ3) is 3.33. The molecule has 0 atom stereocenters. The number of aliphatic hydroxyl groups excluding tert-OH is 1. The van der Waals surface area contributed by atoms with Gasteiger partial charge in [-0.2, -0.15) is 0 Å². The molecule has 0 amide bonds. The number of rotatable bonds is 3. The second-order valence-electron chi connectivity index (χ2n) is 4.14. The zero-order valence-electron chi connectivity index (χ0n) is 8.67. The van der Waals surface area contributed by atoms with Crippen molar-refractivity contribution in [1.29, 1.82) is 0 Å². The van der Waals surface area contributed by atoms with Crippen molar-refractivity contribution in [3.63, 3.8) is 0 Å². The van der Waals surface area contributed by atoms with Crippen LogP contribution in [0.3, 0.4) is 0 Å². The molecule has 1 rings (SSSR count). The Bertz CT molecular complexity index is 320. The zero-order chi connectivity index (χ0) is 10.8. The van der Waals surface area contributed by atoms with Gasteiger partial charge in [0.25, 0.3) is 0 Å². The number of aliphatic hydroxyl groups is 1. The van der Waals surface area contributed by atoms with Crippen LogP contribution in [0.15, 0.2) is 18.2 Å². The van der Waals surface area contributed by atoms with Gasteiger partial charge in [-0.05, 0) is 37.3 Å². The van der Waals surface area contributed by atoms with Crippen molar-refractivity contribution in [2.75, 3.05) is 0 Å². The maximum atomic E-state index is 8.89. The second-order valence-corrected chi connectivity index (χ2v) is 8.97. The topological polar surface area (TPSA) is 29.5 Å². The summed E-state index contributed by atoms with van der Waals surface area (Å²) in [5, 5.41) is 9.46. The summed E-state index contributed by atoms with van der Waals surface area (Å²) in [6.45, 7) is 6.31. The van der Waals surface area contributed by atoms with Crippen molar-refractivity contribution in [1.82, 2.24) is 0 Å². The van der Waals surface area contributed by atoms with Crippen LogP contribution in [0.25, 0.3) is 0 Å². The van der Waals surface area contributed by atoms with Gasteiger partial charge in [-0.15, -0.1) is 0 Å². The van der Waals surface area contributed by atoms with Crippen LogP contribution in [0.2, 0.25) is 24.7 Å². The van der Waals surface area contributed by atoms with Crippen LogP contribution in [-0.4, -0.2) is 13.4 Å². The molecule has 0 radical (unpaired) electrons. The number of halogens is 1. The van der Waals surface area contributed by atoms with Crippen LogP contribution in [-0.2, 0) is 6.61 Å². The highest BCUT2D eigenvalue weighted by atomic mass is 35.5. The quantitative estimate of drug-likeness (QED) is 0.809. The lowest BCUT2D eigenvalue weighted by atomic mass is 10.2. The first kappa shape index (κ1) is 11.6. The fourth-order valence-electron chi connectivity index (χ4n) is 1.06. The van der Waals surface area contributed by atoms with Crippen molar-refractivity contribution < 1.29 is 9.53 Å². The molecule has 2 nitrogen and oxygen atoms in total. The van der Waals surface area contributed by atoms with Gasteiger partial charge >= 0.3 is 0 Å². The van der Waals surface area contributed by atoms with E-state index < -0.39 is 8.32 Å². The van der Waals surface area contributed by atoms with E-state index in [2.05, 4.69) is 19.6 Å². The minimum atomic E-state index is -1.60. The minimum Gasteiger partial charge on any atom is -0.543 e. The molecule has 0 spiro atoms. The van der Waals surface area contributed by atoms with Crippen LogP contribution in [0, 0.1) is 0 Å². The molecule has 0 aliphatic rings. The van der Waals surface area contributed by atoms with E-state index in [4.69, 9.17) is 21.1 Å². The van der Waals surface area contributed by atoms with E-state index in [-0.39, 0.29) is 6.61 Å². The lowest BCUT2D eigenvalue weighted by molar-refractivity contribution is 0.282. The van der Waals surface area contributed by atoms with Crippen LogP contribution < -0.4 is 4.43 Å². The summed E-state index contributed by atoms with van der Waals surface area (Å²) in [7, 11) is -1.60. The summed E-state index contributed by atoms with van der Waals surface area (Å²) in [6.07, 6.45) is 0. The second kappa shape index (κ2) is 4.34. The molecule has 0 heterocycles. The van der Waals surface area contributed by atoms with E-state index in [0.717, 1.165) is 5.56 Å².